The van der Waals surface area contributed by atoms with Crippen LogP contribution in [0.15, 0.2) is 24.3 Å². The summed E-state index contributed by atoms with van der Waals surface area (Å²) in [6.45, 7) is 8.22. The number of hydrogen-bond acceptors (Lipinski definition) is 7. The molecule has 0 heterocycles. The van der Waals surface area contributed by atoms with E-state index in [1.807, 2.05) is 13.8 Å². The Morgan fingerprint density at radius 3 is 2.41 bits per heavy atom. The largest absolute Gasteiger partial charge is 0.473 e. The van der Waals surface area contributed by atoms with E-state index in [4.69, 9.17) is 9.47 Å². The average Bonchev–Trinajstić information content (AvgIpc) is 2.50. The van der Waals surface area contributed by atoms with Gasteiger partial charge >= 0.3 is 12.1 Å². The van der Waals surface area contributed by atoms with E-state index >= 15 is 0 Å². The van der Waals surface area contributed by atoms with Crippen LogP contribution in [0.3, 0.4) is 0 Å². The van der Waals surface area contributed by atoms with Crippen LogP contribution in [0, 0.1) is 16.0 Å². The van der Waals surface area contributed by atoms with Crippen molar-refractivity contribution in [3.8, 4) is 0 Å². The summed E-state index contributed by atoms with van der Waals surface area (Å²) in [5.41, 5.74) is -1.32. The monoisotopic (exact) mass is 380 g/mol. The summed E-state index contributed by atoms with van der Waals surface area (Å²) >= 11 is 0. The average molecular weight is 380 g/mol. The quantitative estimate of drug-likeness (QED) is 0.385. The highest BCUT2D eigenvalue weighted by atomic mass is 16.7. The van der Waals surface area contributed by atoms with E-state index in [9.17, 15) is 24.5 Å². The van der Waals surface area contributed by atoms with Gasteiger partial charge in [0.1, 0.15) is 17.1 Å². The van der Waals surface area contributed by atoms with E-state index in [2.05, 4.69) is 0 Å². The smallest absolute Gasteiger partial charge is 0.462 e. The number of Topliss-reactive ketones (excluding diaryl/α,β-unsaturated/α-hetero) is 1. The number of ether oxygens (including phenoxy) is 2. The molecule has 0 atom stereocenters. The van der Waals surface area contributed by atoms with Crippen molar-refractivity contribution in [3.63, 3.8) is 0 Å². The van der Waals surface area contributed by atoms with Gasteiger partial charge in [0.15, 0.2) is 5.03 Å². The van der Waals surface area contributed by atoms with Crippen LogP contribution in [-0.4, -0.2) is 35.1 Å². The highest BCUT2D eigenvalue weighted by Gasteiger charge is 2.35. The molecule has 0 aromatic heterocycles. The van der Waals surface area contributed by atoms with Gasteiger partial charge in [0, 0.05) is 11.4 Å². The van der Waals surface area contributed by atoms with Crippen molar-refractivity contribution in [2.24, 2.45) is 5.92 Å². The number of hydrogen-bond donors (Lipinski definition) is 0. The molecule has 1 aromatic rings. The van der Waals surface area contributed by atoms with Gasteiger partial charge in [0.05, 0.1) is 12.2 Å². The van der Waals surface area contributed by atoms with Gasteiger partial charge in [-0.15, -0.1) is 0 Å². The van der Waals surface area contributed by atoms with Crippen LogP contribution in [0.5, 0.6) is 0 Å². The number of anilines is 1. The van der Waals surface area contributed by atoms with Gasteiger partial charge in [0.2, 0.25) is 0 Å². The van der Waals surface area contributed by atoms with E-state index in [1.165, 1.54) is 45.0 Å². The Morgan fingerprint density at radius 1 is 1.26 bits per heavy atom. The number of nitrogens with zero attached hydrogens (tertiary/aromatic N) is 2. The van der Waals surface area contributed by atoms with Crippen molar-refractivity contribution in [2.45, 2.75) is 46.6 Å². The number of rotatable bonds is 8. The number of carbonyl (C=O) groups excluding carboxylic acids is 3. The fourth-order valence-corrected chi connectivity index (χ4v) is 2.27. The van der Waals surface area contributed by atoms with E-state index in [0.29, 0.717) is 0 Å². The lowest BCUT2D eigenvalue weighted by molar-refractivity contribution is -0.484. The summed E-state index contributed by atoms with van der Waals surface area (Å²) in [7, 11) is 0. The predicted octanol–water partition coefficient (Wildman–Crippen LogP) is 3.39. The Labute approximate surface area is 157 Å². The number of esters is 1. The lowest BCUT2D eigenvalue weighted by Crippen LogP contribution is -2.42. The second-order valence-corrected chi connectivity index (χ2v) is 7.10. The Bertz CT molecular complexity index is 728. The number of nitro groups is 1. The molecule has 0 bridgehead atoms. The summed E-state index contributed by atoms with van der Waals surface area (Å²) in [6, 6.07) is 5.28. The molecule has 0 aliphatic rings. The maximum Gasteiger partial charge on any atom is 0.473 e. The summed E-state index contributed by atoms with van der Waals surface area (Å²) in [5.74, 6) is -0.750. The molecule has 0 fully saturated rings. The first kappa shape index (κ1) is 22.1. The molecule has 27 heavy (non-hydrogen) atoms. The first-order chi connectivity index (χ1) is 12.4. The molecule has 0 aliphatic heterocycles. The second kappa shape index (κ2) is 9.11. The van der Waals surface area contributed by atoms with E-state index in [1.54, 1.807) is 0 Å². The second-order valence-electron chi connectivity index (χ2n) is 7.10. The fourth-order valence-electron chi connectivity index (χ4n) is 2.27. The van der Waals surface area contributed by atoms with Crippen LogP contribution in [-0.2, 0) is 14.3 Å². The zero-order valence-corrected chi connectivity index (χ0v) is 16.1. The van der Waals surface area contributed by atoms with Crippen molar-refractivity contribution in [2.75, 3.05) is 11.6 Å². The third kappa shape index (κ3) is 7.04. The number of amides is 1. The summed E-state index contributed by atoms with van der Waals surface area (Å²) in [4.78, 5) is 47.0. The lowest BCUT2D eigenvalue weighted by atomic mass is 10.0. The molecule has 1 amide bonds. The lowest BCUT2D eigenvalue weighted by Gasteiger charge is -2.25. The van der Waals surface area contributed by atoms with Crippen molar-refractivity contribution in [3.05, 3.63) is 39.9 Å². The van der Waals surface area contributed by atoms with Gasteiger partial charge in [-0.25, -0.2) is 19.7 Å². The molecule has 0 unspecified atom stereocenters. The Kier molecular flexibility index (Phi) is 7.45. The van der Waals surface area contributed by atoms with Gasteiger partial charge in [-0.2, -0.15) is 0 Å². The maximum absolute atomic E-state index is 12.3. The predicted molar refractivity (Wildman–Crippen MR) is 96.9 cm³/mol. The van der Waals surface area contributed by atoms with E-state index < -0.39 is 22.7 Å². The minimum atomic E-state index is -1.26. The minimum absolute atomic E-state index is 0.0656. The molecular formula is C18H24N2O7. The molecule has 0 saturated heterocycles. The number of hydrazine groups is 1. The minimum Gasteiger partial charge on any atom is -0.462 e. The van der Waals surface area contributed by atoms with Crippen molar-refractivity contribution in [1.82, 2.24) is 0 Å². The Hall–Kier alpha value is -2.97. The van der Waals surface area contributed by atoms with Gasteiger partial charge in [-0.3, -0.25) is 4.79 Å². The summed E-state index contributed by atoms with van der Waals surface area (Å²) in [6.07, 6.45) is -1.36. The maximum atomic E-state index is 12.3. The molecule has 9 nitrogen and oxygen atoms in total. The molecular weight excluding hydrogens is 356 g/mol. The Balaban J connectivity index is 3.05. The first-order valence-electron chi connectivity index (χ1n) is 8.37. The molecule has 0 aliphatic carbocycles. The van der Waals surface area contributed by atoms with Gasteiger partial charge in [0.25, 0.3) is 0 Å². The highest BCUT2D eigenvalue weighted by Crippen LogP contribution is 2.22. The van der Waals surface area contributed by atoms with Gasteiger partial charge in [-0.05, 0) is 44.9 Å². The summed E-state index contributed by atoms with van der Waals surface area (Å²) in [5, 5.41) is 10.6. The molecule has 1 aromatic carbocycles. The molecule has 0 radical (unpaired) electrons. The number of benzene rings is 1. The number of ketones is 1. The van der Waals surface area contributed by atoms with Crippen LogP contribution in [0.2, 0.25) is 0 Å². The molecule has 1 rings (SSSR count). The third-order valence-electron chi connectivity index (χ3n) is 3.25. The molecule has 0 saturated carbocycles. The SMILES string of the molecule is CC(=O)CC(C)(C)OC(=O)N(c1cccc(C(=O)OCC(C)C)c1)[N+](=O)[O-]. The molecule has 9 heteroatoms. The molecule has 0 spiro atoms. The van der Waals surface area contributed by atoms with Crippen molar-refractivity contribution >= 4 is 23.5 Å². The number of carbonyl (C=O) groups is 3. The van der Waals surface area contributed by atoms with Crippen LogP contribution >= 0.6 is 0 Å². The fraction of sp³-hybridized carbons (Fsp3) is 0.500. The highest BCUT2D eigenvalue weighted by molar-refractivity contribution is 5.92. The standard InChI is InChI=1S/C18H24N2O7/c1-12(2)11-26-16(22)14-7-6-8-15(9-14)19(20(24)25)17(23)27-18(4,5)10-13(3)21/h6-9,12H,10-11H2,1-5H3. The van der Waals surface area contributed by atoms with Crippen LogP contribution < -0.4 is 5.01 Å². The van der Waals surface area contributed by atoms with Gasteiger partial charge in [-0.1, -0.05) is 19.9 Å². The van der Waals surface area contributed by atoms with Crippen molar-refractivity contribution < 1.29 is 28.9 Å². The Morgan fingerprint density at radius 2 is 1.89 bits per heavy atom. The van der Waals surface area contributed by atoms with Crippen LogP contribution in [0.4, 0.5) is 10.5 Å². The molecule has 148 valence electrons. The normalized spacial score (nSPS) is 11.0. The summed E-state index contributed by atoms with van der Waals surface area (Å²) < 4.78 is 10.2. The van der Waals surface area contributed by atoms with Crippen molar-refractivity contribution in [1.29, 1.82) is 0 Å². The zero-order valence-electron chi connectivity index (χ0n) is 16.1. The topological polar surface area (TPSA) is 116 Å². The third-order valence-corrected chi connectivity index (χ3v) is 3.25. The first-order valence-corrected chi connectivity index (χ1v) is 8.37. The van der Waals surface area contributed by atoms with Crippen LogP contribution in [0.25, 0.3) is 0 Å². The zero-order chi connectivity index (χ0) is 20.8. The van der Waals surface area contributed by atoms with E-state index in [-0.39, 0.29) is 41.0 Å². The molecule has 0 N–H and O–H groups in total. The van der Waals surface area contributed by atoms with Gasteiger partial charge < -0.3 is 9.47 Å². The van der Waals surface area contributed by atoms with Crippen LogP contribution in [0.1, 0.15) is 51.4 Å². The van der Waals surface area contributed by atoms with E-state index in [0.717, 1.165) is 0 Å².